The van der Waals surface area contributed by atoms with E-state index in [9.17, 15) is 24.3 Å². The van der Waals surface area contributed by atoms with Crippen LogP contribution in [0.25, 0.3) is 0 Å². The van der Waals surface area contributed by atoms with Crippen LogP contribution < -0.4 is 10.6 Å². The van der Waals surface area contributed by atoms with E-state index in [0.29, 0.717) is 18.2 Å². The van der Waals surface area contributed by atoms with Gasteiger partial charge in [0.2, 0.25) is 11.8 Å². The van der Waals surface area contributed by atoms with Gasteiger partial charge in [-0.2, -0.15) is 0 Å². The van der Waals surface area contributed by atoms with Gasteiger partial charge in [-0.05, 0) is 50.4 Å². The van der Waals surface area contributed by atoms with Crippen molar-refractivity contribution in [2.45, 2.75) is 31.7 Å². The first-order chi connectivity index (χ1) is 14.5. The zero-order chi connectivity index (χ0) is 21.3. The highest BCUT2D eigenvalue weighted by molar-refractivity contribution is 6.25. The molecule has 0 aromatic heterocycles. The number of nitrogens with one attached hydrogen (secondary N) is 2. The number of likely N-dealkylation sites (tertiary alicyclic amines) is 1. The van der Waals surface area contributed by atoms with Gasteiger partial charge in [-0.1, -0.05) is 6.07 Å². The zero-order valence-electron chi connectivity index (χ0n) is 16.7. The van der Waals surface area contributed by atoms with Gasteiger partial charge in [0.1, 0.15) is 6.04 Å². The summed E-state index contributed by atoms with van der Waals surface area (Å²) < 4.78 is 0. The number of anilines is 1. The lowest BCUT2D eigenvalue weighted by molar-refractivity contribution is -0.136. The number of nitrogens with zero attached hydrogens (tertiary/aromatic N) is 2. The van der Waals surface area contributed by atoms with E-state index in [1.165, 1.54) is 0 Å². The standard InChI is InChI=1S/C21H26N4O5/c26-12-13-6-9-24(10-7-13)11-8-22-15-3-1-2-14-18(15)21(30)25(20(14)29)16-4-5-17(27)23-19(16)28/h1-3,13,16,22,26H,4-12H2,(H,23,27,28). The average Bonchev–Trinajstić information content (AvgIpc) is 3.00. The predicted octanol–water partition coefficient (Wildman–Crippen LogP) is 0.204. The summed E-state index contributed by atoms with van der Waals surface area (Å²) in [4.78, 5) is 52.8. The Morgan fingerprint density at radius 3 is 2.53 bits per heavy atom. The first-order valence-corrected chi connectivity index (χ1v) is 10.4. The Hall–Kier alpha value is -2.78. The molecule has 1 aromatic carbocycles. The molecule has 4 rings (SSSR count). The van der Waals surface area contributed by atoms with Gasteiger partial charge < -0.3 is 15.3 Å². The lowest BCUT2D eigenvalue weighted by Gasteiger charge is -2.31. The Bertz CT molecular complexity index is 878. The third-order valence-electron chi connectivity index (χ3n) is 6.18. The zero-order valence-corrected chi connectivity index (χ0v) is 16.7. The molecule has 0 spiro atoms. The number of carbonyl (C=O) groups is 4. The Kier molecular flexibility index (Phi) is 5.83. The molecule has 1 unspecified atom stereocenters. The number of hydrogen-bond acceptors (Lipinski definition) is 7. The predicted molar refractivity (Wildman–Crippen MR) is 108 cm³/mol. The van der Waals surface area contributed by atoms with Crippen molar-refractivity contribution in [3.8, 4) is 0 Å². The molecule has 0 bridgehead atoms. The summed E-state index contributed by atoms with van der Waals surface area (Å²) in [5.41, 5.74) is 1.13. The summed E-state index contributed by atoms with van der Waals surface area (Å²) >= 11 is 0. The van der Waals surface area contributed by atoms with Crippen LogP contribution in [0.2, 0.25) is 0 Å². The van der Waals surface area contributed by atoms with Gasteiger partial charge in [-0.15, -0.1) is 0 Å². The molecule has 3 heterocycles. The molecule has 3 N–H and O–H groups in total. The number of imide groups is 2. The van der Waals surface area contributed by atoms with Crippen LogP contribution in [0.3, 0.4) is 0 Å². The van der Waals surface area contributed by atoms with E-state index in [0.717, 1.165) is 37.4 Å². The van der Waals surface area contributed by atoms with Gasteiger partial charge in [-0.3, -0.25) is 29.4 Å². The van der Waals surface area contributed by atoms with Crippen molar-refractivity contribution in [3.63, 3.8) is 0 Å². The highest BCUT2D eigenvalue weighted by atomic mass is 16.3. The lowest BCUT2D eigenvalue weighted by Crippen LogP contribution is -2.54. The Labute approximate surface area is 174 Å². The summed E-state index contributed by atoms with van der Waals surface area (Å²) in [6, 6.07) is 4.10. The highest BCUT2D eigenvalue weighted by Crippen LogP contribution is 2.32. The van der Waals surface area contributed by atoms with Crippen LogP contribution in [0.4, 0.5) is 5.69 Å². The van der Waals surface area contributed by atoms with E-state index in [2.05, 4.69) is 15.5 Å². The minimum Gasteiger partial charge on any atom is -0.396 e. The SMILES string of the molecule is O=C1CCC(N2C(=O)c3cccc(NCCN4CCC(CO)CC4)c3C2=O)C(=O)N1. The molecule has 2 fully saturated rings. The molecule has 3 aliphatic rings. The van der Waals surface area contributed by atoms with Crippen molar-refractivity contribution in [2.24, 2.45) is 5.92 Å². The quantitative estimate of drug-likeness (QED) is 0.569. The monoisotopic (exact) mass is 414 g/mol. The topological polar surface area (TPSA) is 119 Å². The summed E-state index contributed by atoms with van der Waals surface area (Å²) in [6.45, 7) is 3.50. The van der Waals surface area contributed by atoms with Crippen LogP contribution in [0, 0.1) is 5.92 Å². The third kappa shape index (κ3) is 3.82. The fourth-order valence-corrected chi connectivity index (χ4v) is 4.40. The van der Waals surface area contributed by atoms with Gasteiger partial charge >= 0.3 is 0 Å². The molecule has 3 aliphatic heterocycles. The van der Waals surface area contributed by atoms with Crippen molar-refractivity contribution in [1.29, 1.82) is 0 Å². The average molecular weight is 414 g/mol. The third-order valence-corrected chi connectivity index (χ3v) is 6.18. The van der Waals surface area contributed by atoms with E-state index >= 15 is 0 Å². The molecule has 0 aliphatic carbocycles. The van der Waals surface area contributed by atoms with Crippen LogP contribution in [0.1, 0.15) is 46.4 Å². The molecular weight excluding hydrogens is 388 g/mol. The molecule has 1 atom stereocenters. The maximum Gasteiger partial charge on any atom is 0.264 e. The van der Waals surface area contributed by atoms with Crippen molar-refractivity contribution in [3.05, 3.63) is 29.3 Å². The number of aliphatic hydroxyl groups excluding tert-OH is 1. The van der Waals surface area contributed by atoms with Crippen LogP contribution in [0.5, 0.6) is 0 Å². The molecule has 30 heavy (non-hydrogen) atoms. The van der Waals surface area contributed by atoms with Crippen molar-refractivity contribution in [1.82, 2.24) is 15.1 Å². The second-order valence-corrected chi connectivity index (χ2v) is 8.07. The molecule has 0 saturated carbocycles. The largest absolute Gasteiger partial charge is 0.396 e. The van der Waals surface area contributed by atoms with Gasteiger partial charge in [-0.25, -0.2) is 0 Å². The summed E-state index contributed by atoms with van der Waals surface area (Å²) in [5, 5.41) is 14.7. The van der Waals surface area contributed by atoms with Crippen molar-refractivity contribution < 1.29 is 24.3 Å². The minimum absolute atomic E-state index is 0.0991. The number of hydrogen-bond donors (Lipinski definition) is 3. The van der Waals surface area contributed by atoms with E-state index in [1.54, 1.807) is 18.2 Å². The second kappa shape index (κ2) is 8.53. The second-order valence-electron chi connectivity index (χ2n) is 8.07. The summed E-state index contributed by atoms with van der Waals surface area (Å²) in [5.74, 6) is -1.62. The van der Waals surface area contributed by atoms with Crippen LogP contribution in [-0.4, -0.2) is 77.4 Å². The number of rotatable bonds is 6. The highest BCUT2D eigenvalue weighted by Gasteiger charge is 2.45. The van der Waals surface area contributed by atoms with Crippen LogP contribution in [-0.2, 0) is 9.59 Å². The molecule has 160 valence electrons. The van der Waals surface area contributed by atoms with Crippen LogP contribution >= 0.6 is 0 Å². The fourth-order valence-electron chi connectivity index (χ4n) is 4.40. The molecule has 1 aromatic rings. The van der Waals surface area contributed by atoms with Gasteiger partial charge in [0, 0.05) is 31.8 Å². The Morgan fingerprint density at radius 1 is 1.07 bits per heavy atom. The van der Waals surface area contributed by atoms with Crippen molar-refractivity contribution >= 4 is 29.3 Å². The normalized spacial score (nSPS) is 23.0. The smallest absolute Gasteiger partial charge is 0.264 e. The number of amides is 4. The Morgan fingerprint density at radius 2 is 1.83 bits per heavy atom. The number of benzene rings is 1. The maximum atomic E-state index is 13.1. The van der Waals surface area contributed by atoms with Crippen LogP contribution in [0.15, 0.2) is 18.2 Å². The molecule has 9 heteroatoms. The van der Waals surface area contributed by atoms with E-state index < -0.39 is 29.7 Å². The summed E-state index contributed by atoms with van der Waals surface area (Å²) in [7, 11) is 0. The van der Waals surface area contributed by atoms with Gasteiger partial charge in [0.05, 0.1) is 11.1 Å². The molecule has 4 amide bonds. The number of carbonyl (C=O) groups excluding carboxylic acids is 4. The molecule has 9 nitrogen and oxygen atoms in total. The lowest BCUT2D eigenvalue weighted by atomic mass is 9.98. The van der Waals surface area contributed by atoms with Crippen molar-refractivity contribution in [2.75, 3.05) is 38.1 Å². The number of piperidine rings is 2. The Balaban J connectivity index is 1.43. The minimum atomic E-state index is -0.962. The maximum absolute atomic E-state index is 13.1. The fraction of sp³-hybridized carbons (Fsp3) is 0.524. The van der Waals surface area contributed by atoms with E-state index in [1.807, 2.05) is 0 Å². The molecule has 2 saturated heterocycles. The number of fused-ring (bicyclic) bond motifs is 1. The van der Waals surface area contributed by atoms with Gasteiger partial charge in [0.15, 0.2) is 0 Å². The number of aliphatic hydroxyl groups is 1. The van der Waals surface area contributed by atoms with E-state index in [-0.39, 0.29) is 30.6 Å². The first-order valence-electron chi connectivity index (χ1n) is 10.4. The summed E-state index contributed by atoms with van der Waals surface area (Å²) in [6.07, 6.45) is 2.20. The molecular formula is C21H26N4O5. The van der Waals surface area contributed by atoms with E-state index in [4.69, 9.17) is 0 Å². The first kappa shape index (κ1) is 20.5. The van der Waals surface area contributed by atoms with Gasteiger partial charge in [0.25, 0.3) is 11.8 Å². The molecule has 0 radical (unpaired) electrons.